The lowest BCUT2D eigenvalue weighted by Gasteiger charge is -2.28. The number of anilines is 6. The molecule has 0 spiro atoms. The predicted molar refractivity (Wildman–Crippen MR) is 244 cm³/mol. The minimum Gasteiger partial charge on any atom is -0.497 e. The summed E-state index contributed by atoms with van der Waals surface area (Å²) in [7, 11) is 3.43. The second-order valence-electron chi connectivity index (χ2n) is 14.6. The molecule has 0 aliphatic heterocycles. The fourth-order valence-corrected chi connectivity index (χ4v) is 8.23. The van der Waals surface area contributed by atoms with Crippen LogP contribution >= 0.6 is 0 Å². The van der Waals surface area contributed by atoms with Crippen molar-refractivity contribution in [1.82, 2.24) is 0 Å². The van der Waals surface area contributed by atoms with Gasteiger partial charge in [0.05, 0.1) is 25.6 Å². The molecule has 10 aromatic carbocycles. The maximum atomic E-state index is 5.58. The minimum absolute atomic E-state index is 0.843. The first-order valence-electron chi connectivity index (χ1n) is 19.6. The standard InChI is InChI=1S/C54H40N2O2/c1-57-49-29-31-51-43(35-49)13-7-15-53(51)55(47-27-21-37-9-3-5-11-41(37)33-47)45-23-17-39(18-24-45)40-19-25-46(26-20-40)56(48-28-22-38-10-4-6-12-42(38)34-48)54-16-8-14-44-36-50(58-2)30-32-52(44)54/h3-36H,1-2H3. The average molecular weight is 749 g/mol. The van der Waals surface area contributed by atoms with Crippen LogP contribution in [0.1, 0.15) is 0 Å². The van der Waals surface area contributed by atoms with E-state index >= 15 is 0 Å². The number of methoxy groups -OCH3 is 2. The molecule has 0 heterocycles. The molecular formula is C54H40N2O2. The molecule has 0 aliphatic rings. The van der Waals surface area contributed by atoms with Crippen molar-refractivity contribution in [2.24, 2.45) is 0 Å². The second kappa shape index (κ2) is 14.8. The molecule has 0 saturated carbocycles. The number of hydrogen-bond acceptors (Lipinski definition) is 4. The quantitative estimate of drug-likeness (QED) is 0.147. The Morgan fingerprint density at radius 1 is 0.293 bits per heavy atom. The number of rotatable bonds is 9. The van der Waals surface area contributed by atoms with Gasteiger partial charge in [-0.3, -0.25) is 0 Å². The third-order valence-corrected chi connectivity index (χ3v) is 11.2. The first kappa shape index (κ1) is 34.9. The summed E-state index contributed by atoms with van der Waals surface area (Å²) < 4.78 is 11.2. The van der Waals surface area contributed by atoms with Gasteiger partial charge >= 0.3 is 0 Å². The van der Waals surface area contributed by atoms with Crippen LogP contribution in [-0.2, 0) is 0 Å². The van der Waals surface area contributed by atoms with Gasteiger partial charge < -0.3 is 19.3 Å². The van der Waals surface area contributed by atoms with E-state index in [9.17, 15) is 0 Å². The molecule has 10 rings (SSSR count). The van der Waals surface area contributed by atoms with E-state index in [2.05, 4.69) is 204 Å². The number of hydrogen-bond donors (Lipinski definition) is 0. The van der Waals surface area contributed by atoms with Gasteiger partial charge in [0.1, 0.15) is 11.5 Å². The van der Waals surface area contributed by atoms with Gasteiger partial charge in [0.25, 0.3) is 0 Å². The highest BCUT2D eigenvalue weighted by Crippen LogP contribution is 2.43. The molecule has 0 aliphatic carbocycles. The normalized spacial score (nSPS) is 11.3. The maximum Gasteiger partial charge on any atom is 0.119 e. The lowest BCUT2D eigenvalue weighted by Crippen LogP contribution is -2.10. The molecule has 0 fully saturated rings. The van der Waals surface area contributed by atoms with Crippen LogP contribution < -0.4 is 19.3 Å². The number of fused-ring (bicyclic) bond motifs is 4. The summed E-state index contributed by atoms with van der Waals surface area (Å²) in [6, 6.07) is 73.8. The van der Waals surface area contributed by atoms with E-state index in [1.54, 1.807) is 14.2 Å². The van der Waals surface area contributed by atoms with Crippen LogP contribution in [0.4, 0.5) is 34.1 Å². The van der Waals surface area contributed by atoms with E-state index in [1.165, 1.54) is 21.5 Å². The van der Waals surface area contributed by atoms with Crippen molar-refractivity contribution in [3.05, 3.63) is 206 Å². The lowest BCUT2D eigenvalue weighted by molar-refractivity contribution is 0.415. The van der Waals surface area contributed by atoms with Crippen LogP contribution in [0.15, 0.2) is 206 Å². The molecule has 10 aromatic rings. The molecule has 58 heavy (non-hydrogen) atoms. The molecule has 0 aromatic heterocycles. The van der Waals surface area contributed by atoms with Gasteiger partial charge in [-0.15, -0.1) is 0 Å². The fourth-order valence-electron chi connectivity index (χ4n) is 8.23. The highest BCUT2D eigenvalue weighted by molar-refractivity contribution is 6.02. The Morgan fingerprint density at radius 3 is 1.09 bits per heavy atom. The Balaban J connectivity index is 1.04. The van der Waals surface area contributed by atoms with Gasteiger partial charge in [0.2, 0.25) is 0 Å². The van der Waals surface area contributed by atoms with E-state index in [-0.39, 0.29) is 0 Å². The van der Waals surface area contributed by atoms with Crippen molar-refractivity contribution in [1.29, 1.82) is 0 Å². The Bertz CT molecular complexity index is 2890. The molecule has 4 heteroatoms. The smallest absolute Gasteiger partial charge is 0.119 e. The van der Waals surface area contributed by atoms with Gasteiger partial charge in [-0.05, 0) is 141 Å². The molecule has 4 nitrogen and oxygen atoms in total. The van der Waals surface area contributed by atoms with E-state index in [4.69, 9.17) is 9.47 Å². The molecular weight excluding hydrogens is 709 g/mol. The zero-order valence-electron chi connectivity index (χ0n) is 32.3. The minimum atomic E-state index is 0.843. The highest BCUT2D eigenvalue weighted by Gasteiger charge is 2.19. The van der Waals surface area contributed by atoms with Crippen molar-refractivity contribution in [3.63, 3.8) is 0 Å². The Labute approximate surface area is 338 Å². The molecule has 0 N–H and O–H groups in total. The topological polar surface area (TPSA) is 24.9 Å². The van der Waals surface area contributed by atoms with Crippen LogP contribution in [0, 0.1) is 0 Å². The van der Waals surface area contributed by atoms with Crippen molar-refractivity contribution in [3.8, 4) is 22.6 Å². The lowest BCUT2D eigenvalue weighted by atomic mass is 10.0. The number of ether oxygens (including phenoxy) is 2. The van der Waals surface area contributed by atoms with Crippen LogP contribution in [0.3, 0.4) is 0 Å². The first-order chi connectivity index (χ1) is 28.6. The molecule has 0 atom stereocenters. The number of benzene rings is 10. The van der Waals surface area contributed by atoms with Crippen molar-refractivity contribution < 1.29 is 9.47 Å². The SMILES string of the molecule is COc1ccc2c(N(c3ccc(-c4ccc(N(c5ccc6ccccc6c5)c5cccc6cc(OC)ccc56)cc4)cc3)c3ccc4ccccc4c3)cccc2c1. The second-order valence-corrected chi connectivity index (χ2v) is 14.6. The summed E-state index contributed by atoms with van der Waals surface area (Å²) in [5.74, 6) is 1.69. The van der Waals surface area contributed by atoms with Crippen molar-refractivity contribution in [2.75, 3.05) is 24.0 Å². The molecule has 0 radical (unpaired) electrons. The Kier molecular flexibility index (Phi) is 8.92. The molecule has 0 saturated heterocycles. The summed E-state index contributed by atoms with van der Waals surface area (Å²) in [6.45, 7) is 0. The van der Waals surface area contributed by atoms with Gasteiger partial charge in [0.15, 0.2) is 0 Å². The summed E-state index contributed by atoms with van der Waals surface area (Å²) in [4.78, 5) is 4.71. The maximum absolute atomic E-state index is 5.58. The van der Waals surface area contributed by atoms with E-state index in [0.29, 0.717) is 0 Å². The molecule has 0 amide bonds. The fraction of sp³-hybridized carbons (Fsp3) is 0.0370. The zero-order chi connectivity index (χ0) is 39.0. The van der Waals surface area contributed by atoms with Crippen LogP contribution in [0.5, 0.6) is 11.5 Å². The van der Waals surface area contributed by atoms with Gasteiger partial charge in [-0.25, -0.2) is 0 Å². The van der Waals surface area contributed by atoms with Gasteiger partial charge in [-0.1, -0.05) is 109 Å². The van der Waals surface area contributed by atoms with E-state index < -0.39 is 0 Å². The summed E-state index contributed by atoms with van der Waals surface area (Å²) >= 11 is 0. The summed E-state index contributed by atoms with van der Waals surface area (Å²) in [5.41, 5.74) is 8.85. The van der Waals surface area contributed by atoms with Crippen molar-refractivity contribution in [2.45, 2.75) is 0 Å². The van der Waals surface area contributed by atoms with Gasteiger partial charge in [-0.2, -0.15) is 0 Å². The first-order valence-corrected chi connectivity index (χ1v) is 19.6. The van der Waals surface area contributed by atoms with E-state index in [0.717, 1.165) is 78.3 Å². The third kappa shape index (κ3) is 6.41. The largest absolute Gasteiger partial charge is 0.497 e. The van der Waals surface area contributed by atoms with Crippen LogP contribution in [-0.4, -0.2) is 14.2 Å². The van der Waals surface area contributed by atoms with Gasteiger partial charge in [0, 0.05) is 33.5 Å². The predicted octanol–water partition coefficient (Wildman–Crippen LogP) is 14.9. The third-order valence-electron chi connectivity index (χ3n) is 11.2. The molecule has 0 bridgehead atoms. The zero-order valence-corrected chi connectivity index (χ0v) is 32.3. The Hall–Kier alpha value is -7.56. The van der Waals surface area contributed by atoms with Crippen LogP contribution in [0.2, 0.25) is 0 Å². The van der Waals surface area contributed by atoms with Crippen molar-refractivity contribution >= 4 is 77.2 Å². The van der Waals surface area contributed by atoms with E-state index in [1.807, 2.05) is 12.1 Å². The number of nitrogens with zero attached hydrogens (tertiary/aromatic N) is 2. The Morgan fingerprint density at radius 2 is 0.672 bits per heavy atom. The summed E-state index contributed by atoms with van der Waals surface area (Å²) in [6.07, 6.45) is 0. The highest BCUT2D eigenvalue weighted by atomic mass is 16.5. The average Bonchev–Trinajstić information content (AvgIpc) is 3.29. The summed E-state index contributed by atoms with van der Waals surface area (Å²) in [5, 5.41) is 9.38. The van der Waals surface area contributed by atoms with Crippen LogP contribution in [0.25, 0.3) is 54.2 Å². The molecule has 278 valence electrons. The monoisotopic (exact) mass is 748 g/mol. The molecule has 0 unspecified atom stereocenters.